The Morgan fingerprint density at radius 2 is 2.00 bits per heavy atom. The van der Waals surface area contributed by atoms with Crippen molar-refractivity contribution in [3.05, 3.63) is 33.8 Å². The van der Waals surface area contributed by atoms with Crippen molar-refractivity contribution < 1.29 is 14.6 Å². The Bertz CT molecular complexity index is 378. The maximum atomic E-state index is 9.92. The summed E-state index contributed by atoms with van der Waals surface area (Å²) in [6.07, 6.45) is 0.0443. The van der Waals surface area contributed by atoms with Gasteiger partial charge in [-0.3, -0.25) is 0 Å². The fraction of sp³-hybridized carbons (Fsp3) is 0.500. The normalized spacial score (nSPS) is 18.5. The van der Waals surface area contributed by atoms with Crippen LogP contribution in [0, 0.1) is 0 Å². The molecule has 1 heterocycles. The molecule has 1 unspecified atom stereocenters. The Kier molecular flexibility index (Phi) is 4.65. The molecular weight excluding hydrogens is 263 g/mol. The zero-order chi connectivity index (χ0) is 12.3. The number of aliphatic hydroxyl groups excluding tert-OH is 1. The molecule has 17 heavy (non-hydrogen) atoms. The van der Waals surface area contributed by atoms with E-state index in [1.165, 1.54) is 0 Å². The fourth-order valence-corrected chi connectivity index (χ4v) is 2.21. The molecule has 2 rings (SSSR count). The molecule has 3 nitrogen and oxygen atoms in total. The third kappa shape index (κ3) is 3.57. The predicted molar refractivity (Wildman–Crippen MR) is 66.5 cm³/mol. The monoisotopic (exact) mass is 276 g/mol. The average molecular weight is 277 g/mol. The van der Waals surface area contributed by atoms with E-state index in [2.05, 4.69) is 0 Å². The van der Waals surface area contributed by atoms with Gasteiger partial charge in [-0.05, 0) is 11.6 Å². The number of benzene rings is 1. The fourth-order valence-electron chi connectivity index (χ4n) is 1.81. The lowest BCUT2D eigenvalue weighted by molar-refractivity contribution is -0.0698. The van der Waals surface area contributed by atoms with Gasteiger partial charge in [0, 0.05) is 12.8 Å². The van der Waals surface area contributed by atoms with Crippen LogP contribution in [0.25, 0.3) is 0 Å². The first-order valence-corrected chi connectivity index (χ1v) is 6.26. The van der Waals surface area contributed by atoms with Crippen molar-refractivity contribution >= 4 is 23.2 Å². The van der Waals surface area contributed by atoms with Gasteiger partial charge in [0.1, 0.15) is 0 Å². The summed E-state index contributed by atoms with van der Waals surface area (Å²) in [5.41, 5.74) is 0.838. The van der Waals surface area contributed by atoms with Crippen LogP contribution in [0.2, 0.25) is 10.0 Å². The highest BCUT2D eigenvalue weighted by atomic mass is 35.5. The SMILES string of the molecule is OC(Cc1cccc(Cl)c1Cl)CC1OCCO1. The van der Waals surface area contributed by atoms with Crippen molar-refractivity contribution in [1.82, 2.24) is 0 Å². The molecule has 1 N–H and O–H groups in total. The first-order valence-electron chi connectivity index (χ1n) is 5.51. The van der Waals surface area contributed by atoms with Crippen LogP contribution in [0.5, 0.6) is 0 Å². The molecule has 94 valence electrons. The van der Waals surface area contributed by atoms with Crippen molar-refractivity contribution in [3.8, 4) is 0 Å². The standard InChI is InChI=1S/C12H14Cl2O3/c13-10-3-1-2-8(12(10)14)6-9(15)7-11-16-4-5-17-11/h1-3,9,11,15H,4-7H2. The quantitative estimate of drug-likeness (QED) is 0.919. The summed E-state index contributed by atoms with van der Waals surface area (Å²) in [7, 11) is 0. The molecule has 1 aromatic rings. The van der Waals surface area contributed by atoms with Gasteiger partial charge in [-0.2, -0.15) is 0 Å². The molecule has 1 fully saturated rings. The van der Waals surface area contributed by atoms with Crippen LogP contribution >= 0.6 is 23.2 Å². The Morgan fingerprint density at radius 1 is 1.29 bits per heavy atom. The van der Waals surface area contributed by atoms with Crippen LogP contribution < -0.4 is 0 Å². The van der Waals surface area contributed by atoms with Gasteiger partial charge in [0.25, 0.3) is 0 Å². The molecule has 5 heteroatoms. The van der Waals surface area contributed by atoms with E-state index in [4.69, 9.17) is 32.7 Å². The Balaban J connectivity index is 1.93. The second-order valence-corrected chi connectivity index (χ2v) is 4.76. The number of hydrogen-bond donors (Lipinski definition) is 1. The molecule has 0 saturated carbocycles. The highest BCUT2D eigenvalue weighted by Crippen LogP contribution is 2.27. The van der Waals surface area contributed by atoms with E-state index in [-0.39, 0.29) is 6.29 Å². The molecular formula is C12H14Cl2O3. The van der Waals surface area contributed by atoms with Gasteiger partial charge in [-0.15, -0.1) is 0 Å². The number of hydrogen-bond acceptors (Lipinski definition) is 3. The molecule has 1 aliphatic heterocycles. The van der Waals surface area contributed by atoms with Crippen LogP contribution in [-0.4, -0.2) is 30.7 Å². The smallest absolute Gasteiger partial charge is 0.160 e. The van der Waals surface area contributed by atoms with E-state index in [1.54, 1.807) is 6.07 Å². The summed E-state index contributed by atoms with van der Waals surface area (Å²) in [6, 6.07) is 5.40. The topological polar surface area (TPSA) is 38.7 Å². The second kappa shape index (κ2) is 6.03. The lowest BCUT2D eigenvalue weighted by Gasteiger charge is -2.15. The maximum absolute atomic E-state index is 9.92. The highest BCUT2D eigenvalue weighted by Gasteiger charge is 2.21. The molecule has 1 saturated heterocycles. The number of aliphatic hydroxyl groups is 1. The van der Waals surface area contributed by atoms with Crippen molar-refractivity contribution in [3.63, 3.8) is 0 Å². The molecule has 0 spiro atoms. The van der Waals surface area contributed by atoms with Crippen molar-refractivity contribution in [2.24, 2.45) is 0 Å². The second-order valence-electron chi connectivity index (χ2n) is 3.98. The average Bonchev–Trinajstić information content (AvgIpc) is 2.77. The predicted octanol–water partition coefficient (Wildman–Crippen LogP) is 2.66. The molecule has 1 aliphatic rings. The number of halogens is 2. The van der Waals surface area contributed by atoms with Crippen LogP contribution in [0.3, 0.4) is 0 Å². The van der Waals surface area contributed by atoms with Crippen molar-refractivity contribution in [2.45, 2.75) is 25.2 Å². The minimum atomic E-state index is -0.547. The molecule has 0 aliphatic carbocycles. The summed E-state index contributed by atoms with van der Waals surface area (Å²) in [6.45, 7) is 1.19. The molecule has 0 amide bonds. The van der Waals surface area contributed by atoms with Gasteiger partial charge >= 0.3 is 0 Å². The number of ether oxygens (including phenoxy) is 2. The lowest BCUT2D eigenvalue weighted by Crippen LogP contribution is -2.20. The molecule has 0 bridgehead atoms. The summed E-state index contributed by atoms with van der Waals surface area (Å²) in [5, 5.41) is 10.9. The van der Waals surface area contributed by atoms with Gasteiger partial charge in [-0.25, -0.2) is 0 Å². The van der Waals surface area contributed by atoms with Crippen LogP contribution in [0.1, 0.15) is 12.0 Å². The van der Waals surface area contributed by atoms with E-state index < -0.39 is 6.10 Å². The van der Waals surface area contributed by atoms with Gasteiger partial charge in [0.2, 0.25) is 0 Å². The largest absolute Gasteiger partial charge is 0.393 e. The first-order chi connectivity index (χ1) is 8.16. The van der Waals surface area contributed by atoms with E-state index in [1.807, 2.05) is 12.1 Å². The molecule has 0 radical (unpaired) electrons. The maximum Gasteiger partial charge on any atom is 0.160 e. The van der Waals surface area contributed by atoms with E-state index in [0.29, 0.717) is 36.1 Å². The zero-order valence-corrected chi connectivity index (χ0v) is 10.7. The minimum Gasteiger partial charge on any atom is -0.393 e. The number of rotatable bonds is 4. The Labute approximate surface area is 110 Å². The first kappa shape index (κ1) is 13.1. The minimum absolute atomic E-state index is 0.303. The van der Waals surface area contributed by atoms with Gasteiger partial charge in [0.05, 0.1) is 29.4 Å². The molecule has 0 aromatic heterocycles. The summed E-state index contributed by atoms with van der Waals surface area (Å²) < 4.78 is 10.5. The van der Waals surface area contributed by atoms with E-state index in [0.717, 1.165) is 5.56 Å². The van der Waals surface area contributed by atoms with Gasteiger partial charge < -0.3 is 14.6 Å². The summed E-state index contributed by atoms with van der Waals surface area (Å²) >= 11 is 12.0. The molecule has 1 atom stereocenters. The highest BCUT2D eigenvalue weighted by molar-refractivity contribution is 6.42. The Morgan fingerprint density at radius 3 is 2.71 bits per heavy atom. The third-order valence-electron chi connectivity index (χ3n) is 2.64. The van der Waals surface area contributed by atoms with Gasteiger partial charge in [0.15, 0.2) is 6.29 Å². The van der Waals surface area contributed by atoms with Crippen LogP contribution in [-0.2, 0) is 15.9 Å². The third-order valence-corrected chi connectivity index (χ3v) is 3.50. The summed E-state index contributed by atoms with van der Waals surface area (Å²) in [4.78, 5) is 0. The Hall–Kier alpha value is -0.320. The lowest BCUT2D eigenvalue weighted by atomic mass is 10.1. The van der Waals surface area contributed by atoms with E-state index in [9.17, 15) is 5.11 Å². The summed E-state index contributed by atoms with van der Waals surface area (Å²) in [5.74, 6) is 0. The molecule has 1 aromatic carbocycles. The van der Waals surface area contributed by atoms with Gasteiger partial charge in [-0.1, -0.05) is 35.3 Å². The van der Waals surface area contributed by atoms with Crippen LogP contribution in [0.15, 0.2) is 18.2 Å². The zero-order valence-electron chi connectivity index (χ0n) is 9.23. The van der Waals surface area contributed by atoms with Crippen molar-refractivity contribution in [1.29, 1.82) is 0 Å². The van der Waals surface area contributed by atoms with Crippen molar-refractivity contribution in [2.75, 3.05) is 13.2 Å². The van der Waals surface area contributed by atoms with Crippen LogP contribution in [0.4, 0.5) is 0 Å². The van der Waals surface area contributed by atoms with E-state index >= 15 is 0 Å².